The molecule has 0 spiro atoms. The molecule has 5 heterocycles. The number of amides is 1. The second kappa shape index (κ2) is 9.32. The van der Waals surface area contributed by atoms with E-state index in [0.717, 1.165) is 61.0 Å². The van der Waals surface area contributed by atoms with E-state index in [4.69, 9.17) is 9.15 Å². The number of nitrogens with one attached hydrogen (secondary N) is 2. The highest BCUT2D eigenvalue weighted by molar-refractivity contribution is 6.09. The van der Waals surface area contributed by atoms with Crippen LogP contribution in [0.3, 0.4) is 0 Å². The Labute approximate surface area is 219 Å². The minimum absolute atomic E-state index is 0.257. The number of carbonyl (C=O) groups excluding carboxylic acids is 1. The van der Waals surface area contributed by atoms with Crippen molar-refractivity contribution in [3.05, 3.63) is 69.9 Å². The van der Waals surface area contributed by atoms with Crippen molar-refractivity contribution in [2.45, 2.75) is 45.8 Å². The summed E-state index contributed by atoms with van der Waals surface area (Å²) in [6.07, 6.45) is 6.39. The van der Waals surface area contributed by atoms with Crippen molar-refractivity contribution in [1.29, 1.82) is 0 Å². The molecule has 0 atom stereocenters. The molecule has 6 rings (SSSR count). The van der Waals surface area contributed by atoms with Crippen LogP contribution in [0, 0.1) is 0 Å². The molecule has 0 radical (unpaired) electrons. The van der Waals surface area contributed by atoms with Crippen molar-refractivity contribution in [1.82, 2.24) is 24.5 Å². The highest BCUT2D eigenvalue weighted by atomic mass is 16.5. The van der Waals surface area contributed by atoms with E-state index in [9.17, 15) is 9.59 Å². The molecule has 0 bridgehead atoms. The van der Waals surface area contributed by atoms with Crippen LogP contribution in [0.2, 0.25) is 0 Å². The number of carbonyl (C=O) groups is 1. The van der Waals surface area contributed by atoms with Gasteiger partial charge in [-0.1, -0.05) is 6.92 Å². The Kier molecular flexibility index (Phi) is 5.94. The highest BCUT2D eigenvalue weighted by Crippen LogP contribution is 2.42. The summed E-state index contributed by atoms with van der Waals surface area (Å²) in [5.74, 6) is 0.903. The predicted molar refractivity (Wildman–Crippen MR) is 142 cm³/mol. The number of benzene rings is 1. The molecule has 11 heteroatoms. The standard InChI is InChI=1S/C27H31N7O4/c1-4-22-20(31-26(36)37-22)16-32-8-10-33(11-9-32)21-13-23-17(14-27(2,3)38-23)12-19(21)30-25(35)18-15-29-34-7-5-6-28-24(18)34/h5-7,12-13,15H,4,8-11,14,16H2,1-3H3,(H,30,35)(H,31,36). The zero-order chi connectivity index (χ0) is 26.4. The molecule has 11 nitrogen and oxygen atoms in total. The van der Waals surface area contributed by atoms with Crippen molar-refractivity contribution in [3.63, 3.8) is 0 Å². The van der Waals surface area contributed by atoms with Gasteiger partial charge in [-0.15, -0.1) is 0 Å². The molecule has 2 aliphatic heterocycles. The Bertz CT molecular complexity index is 1560. The number of nitrogens with zero attached hydrogens (tertiary/aromatic N) is 5. The summed E-state index contributed by atoms with van der Waals surface area (Å²) in [5, 5.41) is 7.39. The SMILES string of the molecule is CCc1oc(=O)[nH]c1CN1CCN(c2cc3c(cc2NC(=O)c2cnn4cccnc24)CC(C)(C)O3)CC1. The Morgan fingerprint density at radius 2 is 2.03 bits per heavy atom. The first-order chi connectivity index (χ1) is 18.3. The van der Waals surface area contributed by atoms with Gasteiger partial charge in [0.2, 0.25) is 0 Å². The Morgan fingerprint density at radius 3 is 2.82 bits per heavy atom. The van der Waals surface area contributed by atoms with Gasteiger partial charge in [0.15, 0.2) is 5.65 Å². The summed E-state index contributed by atoms with van der Waals surface area (Å²) < 4.78 is 13.1. The first-order valence-electron chi connectivity index (χ1n) is 12.9. The summed E-state index contributed by atoms with van der Waals surface area (Å²) in [6, 6.07) is 5.86. The quantitative estimate of drug-likeness (QED) is 0.401. The number of aromatic amines is 1. The van der Waals surface area contributed by atoms with E-state index in [0.29, 0.717) is 29.9 Å². The number of oxazole rings is 1. The van der Waals surface area contributed by atoms with Gasteiger partial charge in [0.05, 0.1) is 23.3 Å². The maximum Gasteiger partial charge on any atom is 0.416 e. The zero-order valence-corrected chi connectivity index (χ0v) is 21.8. The number of fused-ring (bicyclic) bond motifs is 2. The zero-order valence-electron chi connectivity index (χ0n) is 21.8. The molecule has 1 aromatic carbocycles. The van der Waals surface area contributed by atoms with Gasteiger partial charge in [0, 0.05) is 69.6 Å². The van der Waals surface area contributed by atoms with Crippen LogP contribution >= 0.6 is 0 Å². The van der Waals surface area contributed by atoms with Crippen LogP contribution in [0.1, 0.15) is 48.1 Å². The molecular weight excluding hydrogens is 486 g/mol. The molecule has 1 saturated heterocycles. The van der Waals surface area contributed by atoms with E-state index in [-0.39, 0.29) is 11.5 Å². The smallest absolute Gasteiger partial charge is 0.416 e. The van der Waals surface area contributed by atoms with Crippen molar-refractivity contribution in [2.24, 2.45) is 0 Å². The van der Waals surface area contributed by atoms with Crippen LogP contribution < -0.4 is 20.7 Å². The normalized spacial score (nSPS) is 17.0. The second-order valence-corrected chi connectivity index (χ2v) is 10.4. The summed E-state index contributed by atoms with van der Waals surface area (Å²) in [5.41, 5.74) is 4.20. The number of anilines is 2. The third-order valence-electron chi connectivity index (χ3n) is 7.17. The summed E-state index contributed by atoms with van der Waals surface area (Å²) in [7, 11) is 0. The molecule has 1 fully saturated rings. The van der Waals surface area contributed by atoms with E-state index < -0.39 is 5.76 Å². The van der Waals surface area contributed by atoms with E-state index in [1.54, 1.807) is 29.2 Å². The van der Waals surface area contributed by atoms with Crippen molar-refractivity contribution < 1.29 is 13.9 Å². The van der Waals surface area contributed by atoms with Crippen LogP contribution in [0.25, 0.3) is 5.65 Å². The second-order valence-electron chi connectivity index (χ2n) is 10.4. The maximum atomic E-state index is 13.4. The topological polar surface area (TPSA) is 121 Å². The molecule has 0 unspecified atom stereocenters. The van der Waals surface area contributed by atoms with E-state index in [1.165, 1.54) is 0 Å². The number of aryl methyl sites for hydroxylation is 1. The number of H-pyrrole nitrogens is 1. The first kappa shape index (κ1) is 24.2. The van der Waals surface area contributed by atoms with Crippen LogP contribution in [-0.2, 0) is 19.4 Å². The van der Waals surface area contributed by atoms with Gasteiger partial charge in [0.25, 0.3) is 5.91 Å². The Hall–Kier alpha value is -4.12. The van der Waals surface area contributed by atoms with Gasteiger partial charge in [-0.05, 0) is 26.0 Å². The maximum absolute atomic E-state index is 13.4. The highest BCUT2D eigenvalue weighted by Gasteiger charge is 2.33. The van der Waals surface area contributed by atoms with Gasteiger partial charge >= 0.3 is 5.76 Å². The molecule has 4 aromatic rings. The molecule has 1 amide bonds. The van der Waals surface area contributed by atoms with Crippen molar-refractivity contribution in [2.75, 3.05) is 36.4 Å². The lowest BCUT2D eigenvalue weighted by molar-refractivity contribution is 0.102. The number of rotatable bonds is 6. The lowest BCUT2D eigenvalue weighted by Gasteiger charge is -2.37. The fourth-order valence-corrected chi connectivity index (χ4v) is 5.35. The Morgan fingerprint density at radius 1 is 1.21 bits per heavy atom. The summed E-state index contributed by atoms with van der Waals surface area (Å²) in [4.78, 5) is 36.8. The Balaban J connectivity index is 1.25. The predicted octanol–water partition coefficient (Wildman–Crippen LogP) is 2.86. The molecule has 2 aliphatic rings. The van der Waals surface area contributed by atoms with E-state index in [2.05, 4.69) is 44.0 Å². The van der Waals surface area contributed by atoms with Gasteiger partial charge in [-0.25, -0.2) is 14.3 Å². The molecule has 0 aliphatic carbocycles. The van der Waals surface area contributed by atoms with Crippen LogP contribution in [0.15, 0.2) is 46.0 Å². The van der Waals surface area contributed by atoms with Gasteiger partial charge in [-0.3, -0.25) is 14.7 Å². The largest absolute Gasteiger partial charge is 0.487 e. The fourth-order valence-electron chi connectivity index (χ4n) is 5.35. The monoisotopic (exact) mass is 517 g/mol. The first-order valence-corrected chi connectivity index (χ1v) is 12.9. The number of hydrogen-bond donors (Lipinski definition) is 2. The minimum Gasteiger partial charge on any atom is -0.487 e. The molecule has 0 saturated carbocycles. The van der Waals surface area contributed by atoms with Crippen LogP contribution in [0.5, 0.6) is 5.75 Å². The molecular formula is C27H31N7O4. The average molecular weight is 518 g/mol. The fraction of sp³-hybridized carbons (Fsp3) is 0.407. The number of piperazine rings is 1. The van der Waals surface area contributed by atoms with Crippen LogP contribution in [0.4, 0.5) is 11.4 Å². The molecule has 3 aromatic heterocycles. The number of hydrogen-bond acceptors (Lipinski definition) is 8. The van der Waals surface area contributed by atoms with Crippen molar-refractivity contribution in [3.8, 4) is 5.75 Å². The summed E-state index contributed by atoms with van der Waals surface area (Å²) >= 11 is 0. The van der Waals surface area contributed by atoms with Gasteiger partial charge in [-0.2, -0.15) is 5.10 Å². The summed E-state index contributed by atoms with van der Waals surface area (Å²) in [6.45, 7) is 9.85. The van der Waals surface area contributed by atoms with Gasteiger partial charge in [0.1, 0.15) is 22.7 Å². The lowest BCUT2D eigenvalue weighted by Crippen LogP contribution is -2.46. The van der Waals surface area contributed by atoms with Crippen LogP contribution in [-0.4, -0.2) is 62.2 Å². The molecule has 2 N–H and O–H groups in total. The molecule has 38 heavy (non-hydrogen) atoms. The van der Waals surface area contributed by atoms with Gasteiger partial charge < -0.3 is 19.4 Å². The van der Waals surface area contributed by atoms with Crippen molar-refractivity contribution >= 4 is 22.9 Å². The number of ether oxygens (including phenoxy) is 1. The third-order valence-corrected chi connectivity index (χ3v) is 7.17. The third kappa shape index (κ3) is 4.53. The van der Waals surface area contributed by atoms with E-state index >= 15 is 0 Å². The average Bonchev–Trinajstić information content (AvgIpc) is 3.57. The van der Waals surface area contributed by atoms with E-state index in [1.807, 2.05) is 19.1 Å². The molecule has 198 valence electrons. The minimum atomic E-state index is -0.404. The lowest BCUT2D eigenvalue weighted by atomic mass is 10.0. The number of aromatic nitrogens is 4.